The smallest absolute Gasteiger partial charge is 0.219 e. The maximum absolute atomic E-state index is 6.13. The maximum Gasteiger partial charge on any atom is 0.219 e. The molecule has 3 nitrogen and oxygen atoms in total. The molecular formula is C16H16BrClN2O. The van der Waals surface area contributed by atoms with Crippen LogP contribution in [-0.4, -0.2) is 11.0 Å². The molecule has 0 radical (unpaired) electrons. The van der Waals surface area contributed by atoms with Gasteiger partial charge in [0.1, 0.15) is 5.75 Å². The first-order valence-electron chi connectivity index (χ1n) is 6.94. The van der Waals surface area contributed by atoms with Crippen LogP contribution in [0.25, 0.3) is 0 Å². The Morgan fingerprint density at radius 1 is 1.33 bits per heavy atom. The van der Waals surface area contributed by atoms with Crippen molar-refractivity contribution in [1.29, 1.82) is 0 Å². The highest BCUT2D eigenvalue weighted by atomic mass is 79.9. The van der Waals surface area contributed by atoms with E-state index in [9.17, 15) is 0 Å². The Bertz CT molecular complexity index is 659. The number of nitrogens with one attached hydrogen (secondary N) is 1. The largest absolute Gasteiger partial charge is 0.437 e. The first kappa shape index (κ1) is 14.8. The zero-order chi connectivity index (χ0) is 14.8. The number of benzene rings is 1. The molecule has 1 saturated carbocycles. The van der Waals surface area contributed by atoms with Crippen LogP contribution in [0, 0.1) is 6.92 Å². The number of aromatic nitrogens is 1. The average Bonchev–Trinajstić information content (AvgIpc) is 3.26. The van der Waals surface area contributed by atoms with Crippen LogP contribution < -0.4 is 10.1 Å². The van der Waals surface area contributed by atoms with E-state index in [-0.39, 0.29) is 0 Å². The lowest BCUT2D eigenvalue weighted by molar-refractivity contribution is 0.460. The standard InChI is InChI=1S/C16H16BrClN2O/c1-10-11(9-19-13-4-5-13)2-7-16(20-10)21-15-8-12(17)3-6-14(15)18/h2-3,6-8,13,19H,4-5,9H2,1H3. The van der Waals surface area contributed by atoms with E-state index in [0.29, 0.717) is 22.7 Å². The van der Waals surface area contributed by atoms with E-state index < -0.39 is 0 Å². The van der Waals surface area contributed by atoms with Crippen molar-refractivity contribution in [2.75, 3.05) is 0 Å². The lowest BCUT2D eigenvalue weighted by atomic mass is 10.2. The number of ether oxygens (including phenoxy) is 1. The van der Waals surface area contributed by atoms with Crippen LogP contribution in [0.5, 0.6) is 11.6 Å². The Labute approximate surface area is 137 Å². The highest BCUT2D eigenvalue weighted by molar-refractivity contribution is 9.10. The highest BCUT2D eigenvalue weighted by Gasteiger charge is 2.20. The zero-order valence-corrected chi connectivity index (χ0v) is 14.0. The average molecular weight is 368 g/mol. The van der Waals surface area contributed by atoms with Crippen LogP contribution in [0.1, 0.15) is 24.1 Å². The molecule has 0 unspecified atom stereocenters. The molecule has 1 aromatic carbocycles. The van der Waals surface area contributed by atoms with Crippen LogP contribution in [0.15, 0.2) is 34.8 Å². The summed E-state index contributed by atoms with van der Waals surface area (Å²) in [6.45, 7) is 2.86. The summed E-state index contributed by atoms with van der Waals surface area (Å²) < 4.78 is 6.69. The minimum atomic E-state index is 0.558. The summed E-state index contributed by atoms with van der Waals surface area (Å²) in [5.41, 5.74) is 2.18. The van der Waals surface area contributed by atoms with Gasteiger partial charge in [0.2, 0.25) is 5.88 Å². The van der Waals surface area contributed by atoms with Crippen molar-refractivity contribution in [2.45, 2.75) is 32.4 Å². The highest BCUT2D eigenvalue weighted by Crippen LogP contribution is 2.31. The summed E-state index contributed by atoms with van der Waals surface area (Å²) in [4.78, 5) is 4.50. The number of nitrogens with zero attached hydrogens (tertiary/aromatic N) is 1. The molecule has 21 heavy (non-hydrogen) atoms. The van der Waals surface area contributed by atoms with Crippen molar-refractivity contribution in [3.63, 3.8) is 0 Å². The van der Waals surface area contributed by atoms with Crippen molar-refractivity contribution in [1.82, 2.24) is 10.3 Å². The van der Waals surface area contributed by atoms with Gasteiger partial charge in [-0.15, -0.1) is 0 Å². The predicted octanol–water partition coefficient (Wildman–Crippen LogP) is 4.85. The van der Waals surface area contributed by atoms with Gasteiger partial charge in [0.25, 0.3) is 0 Å². The topological polar surface area (TPSA) is 34.1 Å². The minimum Gasteiger partial charge on any atom is -0.437 e. The van der Waals surface area contributed by atoms with Gasteiger partial charge in [-0.25, -0.2) is 4.98 Å². The summed E-state index contributed by atoms with van der Waals surface area (Å²) in [5.74, 6) is 1.16. The molecule has 1 aliphatic rings. The van der Waals surface area contributed by atoms with Crippen molar-refractivity contribution >= 4 is 27.5 Å². The zero-order valence-electron chi connectivity index (χ0n) is 11.7. The van der Waals surface area contributed by atoms with E-state index >= 15 is 0 Å². The molecule has 1 fully saturated rings. The summed E-state index contributed by atoms with van der Waals surface area (Å²) in [6, 6.07) is 10.1. The lowest BCUT2D eigenvalue weighted by Gasteiger charge is -2.10. The fraction of sp³-hybridized carbons (Fsp3) is 0.312. The van der Waals surface area contributed by atoms with Gasteiger partial charge in [-0.2, -0.15) is 0 Å². The van der Waals surface area contributed by atoms with Crippen LogP contribution in [0.2, 0.25) is 5.02 Å². The van der Waals surface area contributed by atoms with E-state index in [1.54, 1.807) is 6.07 Å². The molecule has 1 aliphatic carbocycles. The summed E-state index contributed by atoms with van der Waals surface area (Å²) in [7, 11) is 0. The number of rotatable bonds is 5. The van der Waals surface area contributed by atoms with Gasteiger partial charge < -0.3 is 10.1 Å². The quantitative estimate of drug-likeness (QED) is 0.820. The fourth-order valence-electron chi connectivity index (χ4n) is 2.02. The van der Waals surface area contributed by atoms with E-state index in [2.05, 4.69) is 32.3 Å². The van der Waals surface area contributed by atoms with Gasteiger partial charge in [0, 0.05) is 28.8 Å². The Hall–Kier alpha value is -1.10. The van der Waals surface area contributed by atoms with Crippen LogP contribution in [-0.2, 0) is 6.54 Å². The third-order valence-electron chi connectivity index (χ3n) is 3.44. The number of halogens is 2. The number of hydrogen-bond acceptors (Lipinski definition) is 3. The lowest BCUT2D eigenvalue weighted by Crippen LogP contribution is -2.16. The molecule has 110 valence electrons. The third-order valence-corrected chi connectivity index (χ3v) is 4.24. The molecule has 1 heterocycles. The number of aryl methyl sites for hydroxylation is 1. The van der Waals surface area contributed by atoms with Gasteiger partial charge in [0.15, 0.2) is 0 Å². The van der Waals surface area contributed by atoms with Crippen LogP contribution >= 0.6 is 27.5 Å². The van der Waals surface area contributed by atoms with Crippen molar-refractivity contribution < 1.29 is 4.74 Å². The second-order valence-corrected chi connectivity index (χ2v) is 6.55. The summed E-state index contributed by atoms with van der Waals surface area (Å²) in [6.07, 6.45) is 2.57. The molecule has 2 aromatic rings. The Morgan fingerprint density at radius 2 is 2.14 bits per heavy atom. The second-order valence-electron chi connectivity index (χ2n) is 5.23. The molecule has 0 bridgehead atoms. The van der Waals surface area contributed by atoms with Gasteiger partial charge in [-0.1, -0.05) is 33.6 Å². The molecule has 0 atom stereocenters. The monoisotopic (exact) mass is 366 g/mol. The molecule has 3 rings (SSSR count). The Morgan fingerprint density at radius 3 is 2.86 bits per heavy atom. The first-order chi connectivity index (χ1) is 10.1. The molecule has 0 spiro atoms. The first-order valence-corrected chi connectivity index (χ1v) is 8.12. The van der Waals surface area contributed by atoms with Crippen molar-refractivity contribution in [3.8, 4) is 11.6 Å². The van der Waals surface area contributed by atoms with E-state index in [0.717, 1.165) is 16.7 Å². The summed E-state index contributed by atoms with van der Waals surface area (Å²) >= 11 is 9.53. The number of pyridine rings is 1. The van der Waals surface area contributed by atoms with Crippen LogP contribution in [0.4, 0.5) is 0 Å². The Kier molecular flexibility index (Phi) is 4.48. The molecule has 0 amide bonds. The maximum atomic E-state index is 6.13. The fourth-order valence-corrected chi connectivity index (χ4v) is 2.52. The minimum absolute atomic E-state index is 0.558. The molecule has 5 heteroatoms. The molecule has 0 saturated heterocycles. The third kappa shape index (κ3) is 3.96. The second kappa shape index (κ2) is 6.34. The van der Waals surface area contributed by atoms with Crippen molar-refractivity contribution in [2.24, 2.45) is 0 Å². The van der Waals surface area contributed by atoms with Gasteiger partial charge in [-0.05, 0) is 43.5 Å². The molecule has 1 aromatic heterocycles. The van der Waals surface area contributed by atoms with Crippen LogP contribution in [0.3, 0.4) is 0 Å². The SMILES string of the molecule is Cc1nc(Oc2cc(Br)ccc2Cl)ccc1CNC1CC1. The molecule has 0 aliphatic heterocycles. The van der Waals surface area contributed by atoms with E-state index in [1.165, 1.54) is 18.4 Å². The summed E-state index contributed by atoms with van der Waals surface area (Å²) in [5, 5.41) is 4.06. The predicted molar refractivity (Wildman–Crippen MR) is 88.1 cm³/mol. The van der Waals surface area contributed by atoms with Gasteiger partial charge >= 0.3 is 0 Å². The molecular weight excluding hydrogens is 352 g/mol. The Balaban J connectivity index is 1.73. The number of hydrogen-bond donors (Lipinski definition) is 1. The van der Waals surface area contributed by atoms with E-state index in [1.807, 2.05) is 25.1 Å². The van der Waals surface area contributed by atoms with Crippen molar-refractivity contribution in [3.05, 3.63) is 51.1 Å². The normalized spacial score (nSPS) is 14.2. The molecule has 1 N–H and O–H groups in total. The van der Waals surface area contributed by atoms with Gasteiger partial charge in [0.05, 0.1) is 5.02 Å². The van der Waals surface area contributed by atoms with Gasteiger partial charge in [-0.3, -0.25) is 0 Å². The van der Waals surface area contributed by atoms with E-state index in [4.69, 9.17) is 16.3 Å².